The Balaban J connectivity index is 1.77. The molecule has 0 aliphatic heterocycles. The van der Waals surface area contributed by atoms with Crippen LogP contribution in [0.25, 0.3) is 10.9 Å². The standard InChI is InChI=1S/C26H34N6O2/c1-6-9-23(24-28-29-30-32(24)26(4,5)7-2)31(17-21-10-8-13-34-21)16-20-15-19-12-11-18(3)14-22(19)27-25(20)33/h8,10-15,23H,6-7,9,16-17H2,1-5H3,(H,27,33)/t23-/m1/s1. The number of hydrogen-bond donors (Lipinski definition) is 1. The quantitative estimate of drug-likeness (QED) is 0.352. The number of aromatic nitrogens is 5. The monoisotopic (exact) mass is 462 g/mol. The van der Waals surface area contributed by atoms with E-state index >= 15 is 0 Å². The van der Waals surface area contributed by atoms with Gasteiger partial charge >= 0.3 is 0 Å². The first-order chi connectivity index (χ1) is 16.3. The summed E-state index contributed by atoms with van der Waals surface area (Å²) in [6, 6.07) is 11.9. The minimum Gasteiger partial charge on any atom is -0.468 e. The maximum absolute atomic E-state index is 13.1. The minimum atomic E-state index is -0.223. The van der Waals surface area contributed by atoms with Gasteiger partial charge in [-0.3, -0.25) is 9.69 Å². The Labute approximate surface area is 200 Å². The van der Waals surface area contributed by atoms with E-state index in [1.54, 1.807) is 6.26 Å². The van der Waals surface area contributed by atoms with Crippen molar-refractivity contribution in [1.82, 2.24) is 30.1 Å². The van der Waals surface area contributed by atoms with Gasteiger partial charge in [0.05, 0.1) is 24.4 Å². The molecule has 4 aromatic rings. The first-order valence-electron chi connectivity index (χ1n) is 12.0. The van der Waals surface area contributed by atoms with E-state index in [-0.39, 0.29) is 17.1 Å². The number of H-pyrrole nitrogens is 1. The largest absolute Gasteiger partial charge is 0.468 e. The highest BCUT2D eigenvalue weighted by molar-refractivity contribution is 5.79. The second kappa shape index (κ2) is 9.93. The Hall–Kier alpha value is -3.26. The maximum Gasteiger partial charge on any atom is 0.252 e. The number of nitrogens with zero attached hydrogens (tertiary/aromatic N) is 5. The zero-order chi connectivity index (χ0) is 24.3. The second-order valence-corrected chi connectivity index (χ2v) is 9.62. The Morgan fingerprint density at radius 1 is 1.18 bits per heavy atom. The third kappa shape index (κ3) is 4.97. The van der Waals surface area contributed by atoms with Crippen LogP contribution in [0.3, 0.4) is 0 Å². The first kappa shape index (κ1) is 23.9. The molecule has 0 saturated carbocycles. The van der Waals surface area contributed by atoms with E-state index < -0.39 is 0 Å². The van der Waals surface area contributed by atoms with Crippen LogP contribution < -0.4 is 5.56 Å². The van der Waals surface area contributed by atoms with Gasteiger partial charge in [0.2, 0.25) is 0 Å². The Bertz CT molecular complexity index is 1290. The number of pyridine rings is 1. The van der Waals surface area contributed by atoms with Gasteiger partial charge in [0.1, 0.15) is 5.76 Å². The number of nitrogens with one attached hydrogen (secondary N) is 1. The molecule has 8 nitrogen and oxygen atoms in total. The van der Waals surface area contributed by atoms with E-state index in [2.05, 4.69) is 65.2 Å². The fraction of sp³-hybridized carbons (Fsp3) is 0.462. The maximum atomic E-state index is 13.1. The lowest BCUT2D eigenvalue weighted by Crippen LogP contribution is -2.36. The SMILES string of the molecule is CCC[C@H](c1nnnn1C(C)(C)CC)N(Cc1ccco1)Cc1cc2ccc(C)cc2[nH]c1=O. The van der Waals surface area contributed by atoms with Crippen molar-refractivity contribution in [3.63, 3.8) is 0 Å². The van der Waals surface area contributed by atoms with E-state index in [1.807, 2.05) is 35.9 Å². The first-order valence-corrected chi connectivity index (χ1v) is 12.0. The molecule has 180 valence electrons. The summed E-state index contributed by atoms with van der Waals surface area (Å²) in [6.07, 6.45) is 4.38. The molecule has 0 amide bonds. The molecule has 0 fully saturated rings. The van der Waals surface area contributed by atoms with Crippen LogP contribution in [0.4, 0.5) is 0 Å². The van der Waals surface area contributed by atoms with Gasteiger partial charge < -0.3 is 9.40 Å². The molecule has 34 heavy (non-hydrogen) atoms. The molecule has 3 heterocycles. The lowest BCUT2D eigenvalue weighted by Gasteiger charge is -2.33. The Kier molecular flexibility index (Phi) is 6.97. The van der Waals surface area contributed by atoms with Crippen LogP contribution in [-0.4, -0.2) is 30.1 Å². The molecule has 0 aliphatic rings. The number of hydrogen-bond acceptors (Lipinski definition) is 6. The van der Waals surface area contributed by atoms with Gasteiger partial charge in [-0.1, -0.05) is 32.4 Å². The van der Waals surface area contributed by atoms with Gasteiger partial charge in [0.25, 0.3) is 5.56 Å². The number of furan rings is 1. The number of aryl methyl sites for hydroxylation is 1. The van der Waals surface area contributed by atoms with Crippen LogP contribution >= 0.6 is 0 Å². The molecule has 0 unspecified atom stereocenters. The highest BCUT2D eigenvalue weighted by atomic mass is 16.3. The van der Waals surface area contributed by atoms with E-state index in [9.17, 15) is 4.79 Å². The van der Waals surface area contributed by atoms with Crippen LogP contribution in [0.2, 0.25) is 0 Å². The number of aromatic amines is 1. The molecule has 1 atom stereocenters. The average molecular weight is 463 g/mol. The molecule has 3 aromatic heterocycles. The fourth-order valence-electron chi connectivity index (χ4n) is 4.31. The van der Waals surface area contributed by atoms with Crippen molar-refractivity contribution in [1.29, 1.82) is 0 Å². The molecular weight excluding hydrogens is 428 g/mol. The molecule has 4 rings (SSSR count). The third-order valence-electron chi connectivity index (χ3n) is 6.62. The van der Waals surface area contributed by atoms with E-state index in [0.29, 0.717) is 18.7 Å². The van der Waals surface area contributed by atoms with Gasteiger partial charge in [-0.15, -0.1) is 5.10 Å². The van der Waals surface area contributed by atoms with Gasteiger partial charge in [0.15, 0.2) is 5.82 Å². The Morgan fingerprint density at radius 3 is 2.71 bits per heavy atom. The van der Waals surface area contributed by atoms with Crippen LogP contribution in [0.5, 0.6) is 0 Å². The summed E-state index contributed by atoms with van der Waals surface area (Å²) >= 11 is 0. The highest BCUT2D eigenvalue weighted by Crippen LogP contribution is 2.31. The van der Waals surface area contributed by atoms with Crippen LogP contribution in [0.1, 0.15) is 75.7 Å². The summed E-state index contributed by atoms with van der Waals surface area (Å²) in [7, 11) is 0. The number of fused-ring (bicyclic) bond motifs is 1. The molecule has 1 aromatic carbocycles. The minimum absolute atomic E-state index is 0.0775. The van der Waals surface area contributed by atoms with Crippen LogP contribution in [0.15, 0.2) is 51.9 Å². The van der Waals surface area contributed by atoms with Crippen molar-refractivity contribution in [3.05, 3.63) is 75.7 Å². The summed E-state index contributed by atoms with van der Waals surface area (Å²) in [4.78, 5) is 18.4. The van der Waals surface area contributed by atoms with Crippen molar-refractivity contribution in [2.24, 2.45) is 0 Å². The molecule has 0 aliphatic carbocycles. The molecule has 0 saturated heterocycles. The van der Waals surface area contributed by atoms with E-state index in [1.165, 1.54) is 0 Å². The van der Waals surface area contributed by atoms with Crippen molar-refractivity contribution in [2.75, 3.05) is 0 Å². The third-order valence-corrected chi connectivity index (χ3v) is 6.62. The zero-order valence-corrected chi connectivity index (χ0v) is 20.7. The van der Waals surface area contributed by atoms with Crippen LogP contribution in [0, 0.1) is 6.92 Å². The summed E-state index contributed by atoms with van der Waals surface area (Å²) in [5.41, 5.74) is 2.37. The van der Waals surface area contributed by atoms with E-state index in [4.69, 9.17) is 4.42 Å². The lowest BCUT2D eigenvalue weighted by molar-refractivity contribution is 0.135. The Morgan fingerprint density at radius 2 is 2.00 bits per heavy atom. The van der Waals surface area contributed by atoms with Crippen LogP contribution in [-0.2, 0) is 18.6 Å². The summed E-state index contributed by atoms with van der Waals surface area (Å²) in [5, 5.41) is 13.9. The zero-order valence-electron chi connectivity index (χ0n) is 20.7. The average Bonchev–Trinajstić information content (AvgIpc) is 3.50. The van der Waals surface area contributed by atoms with Gasteiger partial charge in [-0.05, 0) is 79.3 Å². The van der Waals surface area contributed by atoms with Gasteiger partial charge in [-0.2, -0.15) is 0 Å². The second-order valence-electron chi connectivity index (χ2n) is 9.62. The molecule has 8 heteroatoms. The molecule has 0 radical (unpaired) electrons. The van der Waals surface area contributed by atoms with Gasteiger partial charge in [-0.25, -0.2) is 4.68 Å². The summed E-state index contributed by atoms with van der Waals surface area (Å²) < 4.78 is 7.63. The smallest absolute Gasteiger partial charge is 0.252 e. The topological polar surface area (TPSA) is 92.8 Å². The van der Waals surface area contributed by atoms with Gasteiger partial charge in [0, 0.05) is 17.6 Å². The number of tetrazole rings is 1. The lowest BCUT2D eigenvalue weighted by atomic mass is 10.0. The molecular formula is C26H34N6O2. The van der Waals surface area contributed by atoms with E-state index in [0.717, 1.165) is 47.3 Å². The summed E-state index contributed by atoms with van der Waals surface area (Å²) in [6.45, 7) is 11.6. The predicted molar refractivity (Wildman–Crippen MR) is 132 cm³/mol. The summed E-state index contributed by atoms with van der Waals surface area (Å²) in [5.74, 6) is 1.65. The number of rotatable bonds is 10. The normalized spacial score (nSPS) is 13.1. The molecule has 0 bridgehead atoms. The van der Waals surface area contributed by atoms with Crippen molar-refractivity contribution in [3.8, 4) is 0 Å². The highest BCUT2D eigenvalue weighted by Gasteiger charge is 2.32. The van der Waals surface area contributed by atoms with Crippen molar-refractivity contribution >= 4 is 10.9 Å². The molecule has 0 spiro atoms. The number of benzene rings is 1. The fourth-order valence-corrected chi connectivity index (χ4v) is 4.31. The van der Waals surface area contributed by atoms with Crippen molar-refractivity contribution in [2.45, 2.75) is 78.6 Å². The predicted octanol–water partition coefficient (Wildman–Crippen LogP) is 5.10. The van der Waals surface area contributed by atoms with Crippen molar-refractivity contribution < 1.29 is 4.42 Å². The molecule has 1 N–H and O–H groups in total.